The largest absolute Gasteiger partial charge is 0.323 e. The maximum atomic E-state index is 12.3. The lowest BCUT2D eigenvalue weighted by atomic mass is 10.1. The SMILES string of the molecule is O=C1Nc2ccccc2C2N(CN3CCCCC3)CCN12. The summed E-state index contributed by atoms with van der Waals surface area (Å²) in [5, 5.41) is 3.00. The van der Waals surface area contributed by atoms with E-state index < -0.39 is 0 Å². The highest BCUT2D eigenvalue weighted by Gasteiger charge is 2.41. The first-order valence-electron chi connectivity index (χ1n) is 7.96. The Morgan fingerprint density at radius 2 is 1.86 bits per heavy atom. The van der Waals surface area contributed by atoms with Crippen molar-refractivity contribution < 1.29 is 4.79 Å². The quantitative estimate of drug-likeness (QED) is 0.906. The summed E-state index contributed by atoms with van der Waals surface area (Å²) >= 11 is 0. The minimum absolute atomic E-state index is 0.0415. The van der Waals surface area contributed by atoms with Crippen molar-refractivity contribution in [2.24, 2.45) is 0 Å². The Kier molecular flexibility index (Phi) is 3.31. The first-order valence-corrected chi connectivity index (χ1v) is 7.96. The van der Waals surface area contributed by atoms with Crippen molar-refractivity contribution >= 4 is 11.7 Å². The van der Waals surface area contributed by atoms with Crippen LogP contribution in [0.25, 0.3) is 0 Å². The van der Waals surface area contributed by atoms with Crippen LogP contribution in [-0.2, 0) is 0 Å². The third-order valence-electron chi connectivity index (χ3n) is 4.84. The van der Waals surface area contributed by atoms with Gasteiger partial charge in [-0.15, -0.1) is 0 Å². The zero-order valence-electron chi connectivity index (χ0n) is 12.3. The first-order chi connectivity index (χ1) is 10.3. The highest BCUT2D eigenvalue weighted by molar-refractivity contribution is 5.93. The van der Waals surface area contributed by atoms with Gasteiger partial charge in [-0.2, -0.15) is 0 Å². The van der Waals surface area contributed by atoms with Crippen molar-refractivity contribution in [1.29, 1.82) is 0 Å². The van der Waals surface area contributed by atoms with Crippen LogP contribution >= 0.6 is 0 Å². The number of urea groups is 1. The van der Waals surface area contributed by atoms with Crippen molar-refractivity contribution in [2.75, 3.05) is 38.2 Å². The molecule has 3 aliphatic heterocycles. The summed E-state index contributed by atoms with van der Waals surface area (Å²) in [7, 11) is 0. The molecule has 0 saturated carbocycles. The van der Waals surface area contributed by atoms with Gasteiger partial charge in [-0.25, -0.2) is 4.79 Å². The lowest BCUT2D eigenvalue weighted by Crippen LogP contribution is -2.45. The molecule has 5 heteroatoms. The van der Waals surface area contributed by atoms with Crippen LogP contribution in [0.1, 0.15) is 31.0 Å². The standard InChI is InChI=1S/C16H22N4O/c21-16-17-14-7-3-2-6-13(14)15-19(10-11-20(15)16)12-18-8-4-1-5-9-18/h2-3,6-7,15H,1,4-5,8-12H2,(H,17,21). The van der Waals surface area contributed by atoms with Gasteiger partial charge in [0.25, 0.3) is 0 Å². The molecule has 1 unspecified atom stereocenters. The fourth-order valence-electron chi connectivity index (χ4n) is 3.78. The third-order valence-corrected chi connectivity index (χ3v) is 4.84. The van der Waals surface area contributed by atoms with Gasteiger partial charge < -0.3 is 10.2 Å². The van der Waals surface area contributed by atoms with E-state index in [0.717, 1.165) is 25.4 Å². The Hall–Kier alpha value is -1.59. The lowest BCUT2D eigenvalue weighted by Gasteiger charge is -2.38. The number of anilines is 1. The topological polar surface area (TPSA) is 38.8 Å². The molecule has 2 fully saturated rings. The van der Waals surface area contributed by atoms with Crippen LogP contribution in [-0.4, -0.2) is 53.6 Å². The molecule has 2 amide bonds. The second kappa shape index (κ2) is 5.31. The van der Waals surface area contributed by atoms with Crippen LogP contribution in [0.2, 0.25) is 0 Å². The van der Waals surface area contributed by atoms with Crippen LogP contribution < -0.4 is 5.32 Å². The number of benzene rings is 1. The van der Waals surface area contributed by atoms with Crippen molar-refractivity contribution in [3.05, 3.63) is 29.8 Å². The number of nitrogens with one attached hydrogen (secondary N) is 1. The van der Waals surface area contributed by atoms with Gasteiger partial charge in [-0.05, 0) is 32.0 Å². The van der Waals surface area contributed by atoms with E-state index >= 15 is 0 Å². The summed E-state index contributed by atoms with van der Waals surface area (Å²) in [5.74, 6) is 0. The van der Waals surface area contributed by atoms with Crippen LogP contribution in [0.3, 0.4) is 0 Å². The second-order valence-corrected chi connectivity index (χ2v) is 6.22. The summed E-state index contributed by atoms with van der Waals surface area (Å²) in [6, 6.07) is 8.23. The maximum Gasteiger partial charge on any atom is 0.323 e. The monoisotopic (exact) mass is 286 g/mol. The van der Waals surface area contributed by atoms with Gasteiger partial charge in [0.1, 0.15) is 6.17 Å². The molecule has 0 bridgehead atoms. The molecular weight excluding hydrogens is 264 g/mol. The number of piperidine rings is 1. The number of hydrogen-bond acceptors (Lipinski definition) is 3. The van der Waals surface area contributed by atoms with E-state index in [9.17, 15) is 4.79 Å². The van der Waals surface area contributed by atoms with Gasteiger partial charge in [0.15, 0.2) is 0 Å². The number of fused-ring (bicyclic) bond motifs is 3. The van der Waals surface area contributed by atoms with E-state index in [2.05, 4.69) is 27.2 Å². The van der Waals surface area contributed by atoms with Gasteiger partial charge in [-0.1, -0.05) is 24.6 Å². The normalized spacial score (nSPS) is 26.4. The van der Waals surface area contributed by atoms with Gasteiger partial charge >= 0.3 is 6.03 Å². The molecule has 1 atom stereocenters. The van der Waals surface area contributed by atoms with Crippen molar-refractivity contribution in [2.45, 2.75) is 25.4 Å². The Morgan fingerprint density at radius 3 is 2.71 bits per heavy atom. The van der Waals surface area contributed by atoms with Crippen LogP contribution in [0.15, 0.2) is 24.3 Å². The van der Waals surface area contributed by atoms with E-state index in [1.807, 2.05) is 17.0 Å². The summed E-state index contributed by atoms with van der Waals surface area (Å²) in [5.41, 5.74) is 2.20. The van der Waals surface area contributed by atoms with Crippen molar-refractivity contribution in [1.82, 2.24) is 14.7 Å². The minimum atomic E-state index is 0.0415. The van der Waals surface area contributed by atoms with Gasteiger partial charge in [0.2, 0.25) is 0 Å². The number of hydrogen-bond donors (Lipinski definition) is 1. The molecule has 2 saturated heterocycles. The molecule has 21 heavy (non-hydrogen) atoms. The van der Waals surface area contributed by atoms with E-state index in [0.29, 0.717) is 0 Å². The molecule has 0 spiro atoms. The summed E-state index contributed by atoms with van der Waals surface area (Å²) in [6.07, 6.45) is 4.08. The number of para-hydroxylation sites is 1. The zero-order chi connectivity index (χ0) is 14.2. The summed E-state index contributed by atoms with van der Waals surface area (Å²) < 4.78 is 0. The highest BCUT2D eigenvalue weighted by Crippen LogP contribution is 2.38. The maximum absolute atomic E-state index is 12.3. The third kappa shape index (κ3) is 2.30. The molecule has 3 aliphatic rings. The molecule has 0 aromatic heterocycles. The molecule has 1 aromatic carbocycles. The fourth-order valence-corrected chi connectivity index (χ4v) is 3.78. The lowest BCUT2D eigenvalue weighted by molar-refractivity contribution is 0.0736. The number of carbonyl (C=O) groups excluding carboxylic acids is 1. The molecule has 5 nitrogen and oxygen atoms in total. The fraction of sp³-hybridized carbons (Fsp3) is 0.562. The Balaban J connectivity index is 1.59. The van der Waals surface area contributed by atoms with Crippen molar-refractivity contribution in [3.8, 4) is 0 Å². The average Bonchev–Trinajstić information content (AvgIpc) is 2.93. The molecule has 3 heterocycles. The van der Waals surface area contributed by atoms with Crippen LogP contribution in [0, 0.1) is 0 Å². The smallest absolute Gasteiger partial charge is 0.307 e. The summed E-state index contributed by atoms with van der Waals surface area (Å²) in [6.45, 7) is 5.14. The Labute approximate surface area is 125 Å². The first kappa shape index (κ1) is 13.1. The van der Waals surface area contributed by atoms with E-state index in [-0.39, 0.29) is 12.2 Å². The average molecular weight is 286 g/mol. The second-order valence-electron chi connectivity index (χ2n) is 6.22. The molecule has 0 aliphatic carbocycles. The number of rotatable bonds is 2. The Bertz CT molecular complexity index is 541. The molecule has 4 rings (SSSR count). The number of likely N-dealkylation sites (tertiary alicyclic amines) is 1. The number of nitrogens with zero attached hydrogens (tertiary/aromatic N) is 3. The molecule has 1 N–H and O–H groups in total. The van der Waals surface area contributed by atoms with Crippen molar-refractivity contribution in [3.63, 3.8) is 0 Å². The zero-order valence-corrected chi connectivity index (χ0v) is 12.3. The molecule has 1 aromatic rings. The van der Waals surface area contributed by atoms with Crippen LogP contribution in [0.4, 0.5) is 10.5 Å². The summed E-state index contributed by atoms with van der Waals surface area (Å²) in [4.78, 5) is 19.2. The van der Waals surface area contributed by atoms with Crippen LogP contribution in [0.5, 0.6) is 0 Å². The van der Waals surface area contributed by atoms with E-state index in [1.54, 1.807) is 0 Å². The minimum Gasteiger partial charge on any atom is -0.307 e. The highest BCUT2D eigenvalue weighted by atomic mass is 16.2. The predicted octanol–water partition coefficient (Wildman–Crippen LogP) is 2.29. The Morgan fingerprint density at radius 1 is 1.05 bits per heavy atom. The van der Waals surface area contributed by atoms with E-state index in [4.69, 9.17) is 0 Å². The van der Waals surface area contributed by atoms with E-state index in [1.165, 1.54) is 37.9 Å². The molecule has 0 radical (unpaired) electrons. The van der Waals surface area contributed by atoms with Gasteiger partial charge in [-0.3, -0.25) is 9.80 Å². The number of carbonyl (C=O) groups is 1. The predicted molar refractivity (Wildman–Crippen MR) is 81.9 cm³/mol. The molecule has 112 valence electrons. The number of amides is 2. The van der Waals surface area contributed by atoms with Gasteiger partial charge in [0, 0.05) is 24.3 Å². The van der Waals surface area contributed by atoms with Gasteiger partial charge in [0.05, 0.1) is 6.67 Å². The molecular formula is C16H22N4O.